The molecule has 12 heteroatoms. The predicted molar refractivity (Wildman–Crippen MR) is 146 cm³/mol. The molecule has 0 bridgehead atoms. The van der Waals surface area contributed by atoms with E-state index in [9.17, 15) is 25.0 Å². The zero-order valence-electron chi connectivity index (χ0n) is 21.7. The Balaban J connectivity index is 1.55. The Morgan fingerprint density at radius 3 is 2.69 bits per heavy atom. The van der Waals surface area contributed by atoms with Crippen LogP contribution in [-0.2, 0) is 16.0 Å². The van der Waals surface area contributed by atoms with Crippen LogP contribution in [0.3, 0.4) is 0 Å². The number of rotatable bonds is 8. The van der Waals surface area contributed by atoms with Gasteiger partial charge in [0.1, 0.15) is 30.2 Å². The van der Waals surface area contributed by atoms with Crippen molar-refractivity contribution >= 4 is 45.4 Å². The molecule has 39 heavy (non-hydrogen) atoms. The van der Waals surface area contributed by atoms with Crippen molar-refractivity contribution in [3.63, 3.8) is 0 Å². The van der Waals surface area contributed by atoms with E-state index in [1.165, 1.54) is 24.1 Å². The quantitative estimate of drug-likeness (QED) is 0.141. The van der Waals surface area contributed by atoms with Crippen LogP contribution in [0.2, 0.25) is 0 Å². The monoisotopic (exact) mass is 533 g/mol. The fourth-order valence-electron chi connectivity index (χ4n) is 5.97. The normalized spacial score (nSPS) is 18.9. The molecule has 3 aromatic rings. The number of carbonyl (C=O) groups excluding carboxylic acids is 1. The lowest BCUT2D eigenvalue weighted by Crippen LogP contribution is -2.48. The van der Waals surface area contributed by atoms with Gasteiger partial charge in [-0.05, 0) is 30.5 Å². The van der Waals surface area contributed by atoms with E-state index in [4.69, 9.17) is 4.74 Å². The van der Waals surface area contributed by atoms with Crippen LogP contribution in [0.4, 0.5) is 17.1 Å². The van der Waals surface area contributed by atoms with E-state index in [1.54, 1.807) is 0 Å². The number of nitro groups is 2. The molecule has 2 aliphatic heterocycles. The molecule has 12 nitrogen and oxygen atoms in total. The summed E-state index contributed by atoms with van der Waals surface area (Å²) in [7, 11) is 1.27. The number of aromatic amines is 1. The van der Waals surface area contributed by atoms with Crippen molar-refractivity contribution in [1.82, 2.24) is 4.98 Å². The summed E-state index contributed by atoms with van der Waals surface area (Å²) in [6.07, 6.45) is 3.69. The van der Waals surface area contributed by atoms with Gasteiger partial charge in [-0.1, -0.05) is 25.1 Å². The van der Waals surface area contributed by atoms with Gasteiger partial charge in [-0.2, -0.15) is 5.10 Å². The van der Waals surface area contributed by atoms with Crippen LogP contribution in [0.15, 0.2) is 47.6 Å². The molecule has 1 unspecified atom stereocenters. The van der Waals surface area contributed by atoms with Gasteiger partial charge in [-0.25, -0.2) is 9.37 Å². The van der Waals surface area contributed by atoms with Crippen LogP contribution < -0.4 is 5.43 Å². The molecule has 3 heterocycles. The fraction of sp³-hybridized carbons (Fsp3) is 0.370. The van der Waals surface area contributed by atoms with Crippen LogP contribution in [0, 0.1) is 25.6 Å². The van der Waals surface area contributed by atoms with E-state index in [-0.39, 0.29) is 17.8 Å². The SMILES string of the molecule is CCC1(CC(=NNc2ccc([N+](=O)[O-])cc2[N+](=O)[O-])C(=O)OC)CCC[N+]2=C1c1[nH]c3ccccc3c1CC2. The summed E-state index contributed by atoms with van der Waals surface area (Å²) < 4.78 is 7.45. The first-order valence-corrected chi connectivity index (χ1v) is 12.8. The minimum Gasteiger partial charge on any atom is -0.464 e. The van der Waals surface area contributed by atoms with E-state index in [0.717, 1.165) is 67.8 Å². The number of hydrogen-bond donors (Lipinski definition) is 2. The molecule has 0 spiro atoms. The number of esters is 1. The van der Waals surface area contributed by atoms with Crippen LogP contribution in [0.1, 0.15) is 43.9 Å². The van der Waals surface area contributed by atoms with Crippen LogP contribution in [0.5, 0.6) is 0 Å². The van der Waals surface area contributed by atoms with E-state index < -0.39 is 32.6 Å². The van der Waals surface area contributed by atoms with E-state index >= 15 is 0 Å². The van der Waals surface area contributed by atoms with Crippen LogP contribution in [0.25, 0.3) is 10.9 Å². The number of hydrazone groups is 1. The molecule has 0 saturated heterocycles. The molecule has 0 aliphatic carbocycles. The number of ether oxygens (including phenoxy) is 1. The van der Waals surface area contributed by atoms with Gasteiger partial charge in [0.05, 0.1) is 28.4 Å². The molecule has 2 aliphatic rings. The summed E-state index contributed by atoms with van der Waals surface area (Å²) in [5, 5.41) is 28.2. The highest BCUT2D eigenvalue weighted by atomic mass is 16.6. The van der Waals surface area contributed by atoms with Crippen molar-refractivity contribution < 1.29 is 24.0 Å². The third-order valence-corrected chi connectivity index (χ3v) is 7.89. The van der Waals surface area contributed by atoms with Gasteiger partial charge in [-0.3, -0.25) is 25.7 Å². The predicted octanol–water partition coefficient (Wildman–Crippen LogP) is 4.56. The summed E-state index contributed by atoms with van der Waals surface area (Å²) in [4.78, 5) is 37.8. The molecule has 1 atom stereocenters. The van der Waals surface area contributed by atoms with Gasteiger partial charge in [0, 0.05) is 36.2 Å². The maximum atomic E-state index is 12.9. The largest absolute Gasteiger partial charge is 0.464 e. The molecule has 2 aromatic carbocycles. The zero-order valence-corrected chi connectivity index (χ0v) is 21.7. The maximum absolute atomic E-state index is 12.9. The summed E-state index contributed by atoms with van der Waals surface area (Å²) in [6.45, 7) is 3.89. The van der Waals surface area contributed by atoms with Gasteiger partial charge in [0.15, 0.2) is 0 Å². The highest BCUT2D eigenvalue weighted by molar-refractivity contribution is 6.37. The molecule has 202 valence electrons. The van der Waals surface area contributed by atoms with Gasteiger partial charge < -0.3 is 9.72 Å². The zero-order chi connectivity index (χ0) is 27.7. The topological polar surface area (TPSA) is 156 Å². The van der Waals surface area contributed by atoms with Crippen molar-refractivity contribution in [2.45, 2.75) is 39.0 Å². The molecule has 1 aromatic heterocycles. The Morgan fingerprint density at radius 2 is 1.97 bits per heavy atom. The van der Waals surface area contributed by atoms with Crippen molar-refractivity contribution in [2.24, 2.45) is 10.5 Å². The van der Waals surface area contributed by atoms with Gasteiger partial charge in [0.2, 0.25) is 5.71 Å². The molecule has 0 fully saturated rings. The molecular weight excluding hydrogens is 504 g/mol. The number of nitrogens with one attached hydrogen (secondary N) is 2. The minimum absolute atomic E-state index is 0.0638. The average molecular weight is 534 g/mol. The number of nitro benzene ring substituents is 2. The Labute approximate surface area is 223 Å². The molecule has 2 N–H and O–H groups in total. The van der Waals surface area contributed by atoms with Crippen molar-refractivity contribution in [3.8, 4) is 0 Å². The van der Waals surface area contributed by atoms with Gasteiger partial charge in [-0.15, -0.1) is 0 Å². The summed E-state index contributed by atoms with van der Waals surface area (Å²) >= 11 is 0. The lowest BCUT2D eigenvalue weighted by molar-refractivity contribution is -0.538. The number of benzene rings is 2. The first kappa shape index (κ1) is 26.0. The standard InChI is InChI=1S/C27H28N6O6/c1-3-27(12-6-13-31-14-11-19-18-7-4-5-8-20(18)28-24(19)25(27)31)16-22(26(34)39-2)30-29-21-10-9-17(32(35)36)15-23(21)33(37)38/h4-5,7-10,15H,3,6,11-14,16H2,1-2H3,(H,29,34)/p+1. The van der Waals surface area contributed by atoms with E-state index in [2.05, 4.69) is 39.1 Å². The third-order valence-electron chi connectivity index (χ3n) is 7.89. The number of H-pyrrole nitrogens is 1. The first-order chi connectivity index (χ1) is 18.8. The summed E-state index contributed by atoms with van der Waals surface area (Å²) in [5.74, 6) is -0.648. The molecule has 0 radical (unpaired) electrons. The van der Waals surface area contributed by atoms with Crippen molar-refractivity contribution in [3.05, 3.63) is 74.0 Å². The molecule has 0 amide bonds. The lowest BCUT2D eigenvalue weighted by atomic mass is 9.68. The Morgan fingerprint density at radius 1 is 1.18 bits per heavy atom. The van der Waals surface area contributed by atoms with Gasteiger partial charge >= 0.3 is 11.7 Å². The maximum Gasteiger partial charge on any atom is 0.354 e. The Kier molecular flexibility index (Phi) is 6.85. The highest BCUT2D eigenvalue weighted by Gasteiger charge is 2.49. The highest BCUT2D eigenvalue weighted by Crippen LogP contribution is 2.43. The van der Waals surface area contributed by atoms with Crippen LogP contribution in [-0.4, -0.2) is 57.0 Å². The second kappa shape index (κ2) is 10.3. The molecule has 5 rings (SSSR count). The molecule has 0 saturated carbocycles. The minimum atomic E-state index is -0.732. The molecular formula is C27H29N6O6+. The van der Waals surface area contributed by atoms with E-state index in [1.807, 2.05) is 12.1 Å². The number of aromatic nitrogens is 1. The fourth-order valence-corrected chi connectivity index (χ4v) is 5.97. The number of para-hydroxylation sites is 1. The smallest absolute Gasteiger partial charge is 0.354 e. The summed E-state index contributed by atoms with van der Waals surface area (Å²) in [6, 6.07) is 11.4. The van der Waals surface area contributed by atoms with E-state index in [0.29, 0.717) is 0 Å². The Hall–Kier alpha value is -4.61. The second-order valence-electron chi connectivity index (χ2n) is 9.90. The first-order valence-electron chi connectivity index (χ1n) is 12.8. The van der Waals surface area contributed by atoms with Crippen molar-refractivity contribution in [2.75, 3.05) is 25.6 Å². The number of fused-ring (bicyclic) bond motifs is 4. The second-order valence-corrected chi connectivity index (χ2v) is 9.90. The Bertz CT molecular complexity index is 1560. The lowest BCUT2D eigenvalue weighted by Gasteiger charge is -2.37. The number of methoxy groups -OCH3 is 1. The number of non-ortho nitro benzene ring substituents is 1. The number of nitrogens with zero attached hydrogens (tertiary/aromatic N) is 4. The summed E-state index contributed by atoms with van der Waals surface area (Å²) in [5.41, 5.74) is 5.86. The number of carbonyl (C=O) groups is 1. The van der Waals surface area contributed by atoms with Crippen molar-refractivity contribution in [1.29, 1.82) is 0 Å². The van der Waals surface area contributed by atoms with Gasteiger partial charge in [0.25, 0.3) is 5.69 Å². The average Bonchev–Trinajstić information content (AvgIpc) is 3.33. The van der Waals surface area contributed by atoms with Crippen LogP contribution >= 0.6 is 0 Å². The third kappa shape index (κ3) is 4.62. The number of anilines is 1. The number of hydrogen-bond acceptors (Lipinski definition) is 8.